The Bertz CT molecular complexity index is 830. The van der Waals surface area contributed by atoms with Crippen LogP contribution in [0.1, 0.15) is 43.3 Å². The first-order chi connectivity index (χ1) is 11.7. The third kappa shape index (κ3) is 2.91. The predicted octanol–water partition coefficient (Wildman–Crippen LogP) is 2.82. The summed E-state index contributed by atoms with van der Waals surface area (Å²) in [7, 11) is 0. The number of aromatic nitrogens is 3. The van der Waals surface area contributed by atoms with Crippen molar-refractivity contribution in [1.29, 1.82) is 0 Å². The Balaban J connectivity index is 1.36. The first-order valence-corrected chi connectivity index (χ1v) is 8.37. The summed E-state index contributed by atoms with van der Waals surface area (Å²) in [5.74, 6) is 1.27. The quantitative estimate of drug-likeness (QED) is 0.757. The fourth-order valence-corrected chi connectivity index (χ4v) is 2.90. The highest BCUT2D eigenvalue weighted by Gasteiger charge is 2.26. The van der Waals surface area contributed by atoms with Crippen LogP contribution < -0.4 is 5.32 Å². The molecular formula is C18H20N4O2. The molecule has 0 saturated heterocycles. The molecule has 1 aromatic carbocycles. The van der Waals surface area contributed by atoms with Crippen LogP contribution in [0.15, 0.2) is 41.1 Å². The van der Waals surface area contributed by atoms with Crippen LogP contribution >= 0.6 is 0 Å². The number of benzene rings is 1. The van der Waals surface area contributed by atoms with E-state index in [1.807, 2.05) is 37.3 Å². The molecule has 0 bridgehead atoms. The fraction of sp³-hybridized carbons (Fsp3) is 0.389. The van der Waals surface area contributed by atoms with Gasteiger partial charge in [0.1, 0.15) is 23.5 Å². The summed E-state index contributed by atoms with van der Waals surface area (Å²) in [4.78, 5) is 12.4. The molecular weight excluding hydrogens is 304 g/mol. The minimum Gasteiger partial charge on any atom is -0.460 e. The number of nitrogens with zero attached hydrogens (tertiary/aromatic N) is 3. The van der Waals surface area contributed by atoms with Gasteiger partial charge in [-0.3, -0.25) is 4.79 Å². The standard InChI is InChI=1S/C18H20N4O2/c1-12(16-10-13-4-2-3-5-15(13)24-16)18(23)19-9-8-17-21-20-11-22(17)14-6-7-14/h2-5,10-12,14H,6-9H2,1H3,(H,19,23). The average Bonchev–Trinajstić information content (AvgIpc) is 3.17. The van der Waals surface area contributed by atoms with E-state index in [1.165, 1.54) is 12.8 Å². The smallest absolute Gasteiger partial charge is 0.230 e. The van der Waals surface area contributed by atoms with Crippen LogP contribution in [0.5, 0.6) is 0 Å². The Labute approximate surface area is 139 Å². The maximum atomic E-state index is 12.4. The molecule has 0 spiro atoms. The molecule has 1 saturated carbocycles. The Morgan fingerprint density at radius 2 is 2.25 bits per heavy atom. The van der Waals surface area contributed by atoms with E-state index in [4.69, 9.17) is 4.42 Å². The lowest BCUT2D eigenvalue weighted by molar-refractivity contribution is -0.122. The van der Waals surface area contributed by atoms with Gasteiger partial charge in [0.05, 0.1) is 5.92 Å². The van der Waals surface area contributed by atoms with Gasteiger partial charge in [-0.2, -0.15) is 0 Å². The third-order valence-corrected chi connectivity index (χ3v) is 4.50. The Hall–Kier alpha value is -2.63. The van der Waals surface area contributed by atoms with E-state index in [1.54, 1.807) is 6.33 Å². The number of carbonyl (C=O) groups excluding carboxylic acids is 1. The normalized spacial score (nSPS) is 15.5. The van der Waals surface area contributed by atoms with Gasteiger partial charge in [-0.1, -0.05) is 18.2 Å². The van der Waals surface area contributed by atoms with Crippen LogP contribution in [0.25, 0.3) is 11.0 Å². The SMILES string of the molecule is CC(C(=O)NCCc1nncn1C1CC1)c1cc2ccccc2o1. The van der Waals surface area contributed by atoms with E-state index >= 15 is 0 Å². The predicted molar refractivity (Wildman–Crippen MR) is 89.6 cm³/mol. The summed E-state index contributed by atoms with van der Waals surface area (Å²) in [6.07, 6.45) is 4.86. The number of fused-ring (bicyclic) bond motifs is 1. The second kappa shape index (κ2) is 6.11. The molecule has 0 radical (unpaired) electrons. The van der Waals surface area contributed by atoms with Gasteiger partial charge in [0.2, 0.25) is 5.91 Å². The topological polar surface area (TPSA) is 73.0 Å². The zero-order valence-electron chi connectivity index (χ0n) is 13.6. The lowest BCUT2D eigenvalue weighted by Gasteiger charge is -2.10. The van der Waals surface area contributed by atoms with Crippen molar-refractivity contribution in [2.45, 2.75) is 38.1 Å². The molecule has 1 amide bonds. The van der Waals surface area contributed by atoms with Gasteiger partial charge in [0.25, 0.3) is 0 Å². The minimum atomic E-state index is -0.321. The first-order valence-electron chi connectivity index (χ1n) is 8.37. The maximum absolute atomic E-state index is 12.4. The number of carbonyl (C=O) groups is 1. The van der Waals surface area contributed by atoms with Crippen LogP contribution in [0.4, 0.5) is 0 Å². The molecule has 2 aromatic heterocycles. The van der Waals surface area contributed by atoms with Crippen molar-refractivity contribution in [2.75, 3.05) is 6.54 Å². The lowest BCUT2D eigenvalue weighted by Crippen LogP contribution is -2.30. The van der Waals surface area contributed by atoms with Gasteiger partial charge in [0, 0.05) is 24.4 Å². The van der Waals surface area contributed by atoms with Crippen molar-refractivity contribution in [3.8, 4) is 0 Å². The number of para-hydroxylation sites is 1. The van der Waals surface area contributed by atoms with E-state index in [0.29, 0.717) is 24.8 Å². The van der Waals surface area contributed by atoms with Crippen molar-refractivity contribution in [1.82, 2.24) is 20.1 Å². The van der Waals surface area contributed by atoms with Crippen LogP contribution in [-0.2, 0) is 11.2 Å². The van der Waals surface area contributed by atoms with Gasteiger partial charge in [0.15, 0.2) is 0 Å². The molecule has 124 valence electrons. The number of hydrogen-bond acceptors (Lipinski definition) is 4. The molecule has 1 unspecified atom stereocenters. The van der Waals surface area contributed by atoms with Crippen molar-refractivity contribution in [3.63, 3.8) is 0 Å². The monoisotopic (exact) mass is 324 g/mol. The van der Waals surface area contributed by atoms with Crippen LogP contribution in [-0.4, -0.2) is 27.2 Å². The maximum Gasteiger partial charge on any atom is 0.230 e. The highest BCUT2D eigenvalue weighted by molar-refractivity contribution is 5.85. The first kappa shape index (κ1) is 14.9. The van der Waals surface area contributed by atoms with Crippen molar-refractivity contribution in [3.05, 3.63) is 48.2 Å². The van der Waals surface area contributed by atoms with Crippen LogP contribution in [0.2, 0.25) is 0 Å². The van der Waals surface area contributed by atoms with Crippen molar-refractivity contribution < 1.29 is 9.21 Å². The zero-order chi connectivity index (χ0) is 16.5. The molecule has 6 nitrogen and oxygen atoms in total. The Morgan fingerprint density at radius 3 is 3.04 bits per heavy atom. The molecule has 3 aromatic rings. The van der Waals surface area contributed by atoms with Gasteiger partial charge in [-0.25, -0.2) is 0 Å². The Morgan fingerprint density at radius 1 is 1.42 bits per heavy atom. The van der Waals surface area contributed by atoms with E-state index in [-0.39, 0.29) is 11.8 Å². The molecule has 1 aliphatic rings. The molecule has 24 heavy (non-hydrogen) atoms. The Kier molecular flexibility index (Phi) is 3.80. The molecule has 2 heterocycles. The van der Waals surface area contributed by atoms with E-state index in [0.717, 1.165) is 16.8 Å². The van der Waals surface area contributed by atoms with Crippen molar-refractivity contribution in [2.24, 2.45) is 0 Å². The highest BCUT2D eigenvalue weighted by atomic mass is 16.3. The highest BCUT2D eigenvalue weighted by Crippen LogP contribution is 2.35. The number of nitrogens with one attached hydrogen (secondary N) is 1. The molecule has 6 heteroatoms. The lowest BCUT2D eigenvalue weighted by atomic mass is 10.1. The largest absolute Gasteiger partial charge is 0.460 e. The third-order valence-electron chi connectivity index (χ3n) is 4.50. The molecule has 1 fully saturated rings. The summed E-state index contributed by atoms with van der Waals surface area (Å²) in [5, 5.41) is 12.1. The van der Waals surface area contributed by atoms with Crippen LogP contribution in [0.3, 0.4) is 0 Å². The number of rotatable bonds is 6. The second-order valence-electron chi connectivity index (χ2n) is 6.33. The van der Waals surface area contributed by atoms with E-state index in [9.17, 15) is 4.79 Å². The van der Waals surface area contributed by atoms with Gasteiger partial charge >= 0.3 is 0 Å². The second-order valence-corrected chi connectivity index (χ2v) is 6.33. The van der Waals surface area contributed by atoms with E-state index in [2.05, 4.69) is 20.1 Å². The molecule has 0 aliphatic heterocycles. The van der Waals surface area contributed by atoms with Gasteiger partial charge in [-0.15, -0.1) is 10.2 Å². The van der Waals surface area contributed by atoms with Crippen LogP contribution in [0, 0.1) is 0 Å². The molecule has 1 N–H and O–H groups in total. The summed E-state index contributed by atoms with van der Waals surface area (Å²) in [5.41, 5.74) is 0.810. The van der Waals surface area contributed by atoms with Gasteiger partial charge in [-0.05, 0) is 31.9 Å². The van der Waals surface area contributed by atoms with Gasteiger partial charge < -0.3 is 14.3 Å². The number of furan rings is 1. The summed E-state index contributed by atoms with van der Waals surface area (Å²) >= 11 is 0. The molecule has 1 aliphatic carbocycles. The summed E-state index contributed by atoms with van der Waals surface area (Å²) < 4.78 is 7.89. The fourth-order valence-electron chi connectivity index (χ4n) is 2.90. The summed E-state index contributed by atoms with van der Waals surface area (Å²) in [6, 6.07) is 10.3. The summed E-state index contributed by atoms with van der Waals surface area (Å²) in [6.45, 7) is 2.41. The zero-order valence-corrected chi connectivity index (χ0v) is 13.6. The number of hydrogen-bond donors (Lipinski definition) is 1. The molecule has 1 atom stereocenters. The molecule has 4 rings (SSSR count). The average molecular weight is 324 g/mol. The number of amides is 1. The van der Waals surface area contributed by atoms with Crippen molar-refractivity contribution >= 4 is 16.9 Å². The van der Waals surface area contributed by atoms with E-state index < -0.39 is 0 Å². The minimum absolute atomic E-state index is 0.0356.